The molecule has 2 aromatic rings. The van der Waals surface area contributed by atoms with Crippen molar-refractivity contribution in [1.29, 1.82) is 0 Å². The molecule has 21 heavy (non-hydrogen) atoms. The summed E-state index contributed by atoms with van der Waals surface area (Å²) in [5, 5.41) is 19.7. The zero-order chi connectivity index (χ0) is 15.6. The fraction of sp³-hybridized carbons (Fsp3) is 0.214. The zero-order valence-corrected chi connectivity index (χ0v) is 11.9. The number of aryl methyl sites for hydroxylation is 2. The Bertz CT molecular complexity index is 716. The summed E-state index contributed by atoms with van der Waals surface area (Å²) in [6, 6.07) is 4.16. The highest BCUT2D eigenvalue weighted by atomic mass is 19.1. The molecule has 0 amide bonds. The third-order valence-corrected chi connectivity index (χ3v) is 3.14. The van der Waals surface area contributed by atoms with Crippen molar-refractivity contribution < 1.29 is 14.3 Å². The van der Waals surface area contributed by atoms with E-state index in [4.69, 9.17) is 15.7 Å². The monoisotopic (exact) mass is 290 g/mol. The number of oxime groups is 1. The van der Waals surface area contributed by atoms with Crippen molar-refractivity contribution in [3.8, 4) is 11.6 Å². The van der Waals surface area contributed by atoms with Crippen LogP contribution in [-0.4, -0.2) is 21.2 Å². The first-order valence-electron chi connectivity index (χ1n) is 6.19. The molecule has 1 aromatic heterocycles. The second kappa shape index (κ2) is 5.74. The number of amidine groups is 1. The van der Waals surface area contributed by atoms with Gasteiger partial charge in [0.25, 0.3) is 0 Å². The van der Waals surface area contributed by atoms with E-state index in [9.17, 15) is 4.39 Å². The van der Waals surface area contributed by atoms with E-state index in [2.05, 4.69) is 15.4 Å². The highest BCUT2D eigenvalue weighted by molar-refractivity contribution is 6.00. The average Bonchev–Trinajstić information content (AvgIpc) is 2.46. The molecule has 2 rings (SSSR count). The van der Waals surface area contributed by atoms with Gasteiger partial charge in [0.2, 0.25) is 5.88 Å². The van der Waals surface area contributed by atoms with E-state index in [-0.39, 0.29) is 11.7 Å². The fourth-order valence-electron chi connectivity index (χ4n) is 1.80. The topological polar surface area (TPSA) is 93.6 Å². The van der Waals surface area contributed by atoms with Gasteiger partial charge in [0.15, 0.2) is 5.84 Å². The van der Waals surface area contributed by atoms with E-state index >= 15 is 0 Å². The number of benzene rings is 1. The molecule has 0 unspecified atom stereocenters. The van der Waals surface area contributed by atoms with Crippen LogP contribution in [0.4, 0.5) is 4.39 Å². The van der Waals surface area contributed by atoms with Gasteiger partial charge in [0.1, 0.15) is 11.6 Å². The molecular formula is C14H15FN4O2. The van der Waals surface area contributed by atoms with Crippen LogP contribution in [0.15, 0.2) is 23.4 Å². The predicted octanol–water partition coefficient (Wildman–Crippen LogP) is 2.43. The second-order valence-electron chi connectivity index (χ2n) is 4.59. The van der Waals surface area contributed by atoms with Gasteiger partial charge in [-0.05, 0) is 38.0 Å². The molecule has 110 valence electrons. The smallest absolute Gasteiger partial charge is 0.250 e. The first-order chi connectivity index (χ1) is 9.93. The minimum atomic E-state index is -0.433. The Morgan fingerprint density at radius 2 is 2.00 bits per heavy atom. The number of rotatable bonds is 3. The average molecular weight is 290 g/mol. The molecule has 0 atom stereocenters. The summed E-state index contributed by atoms with van der Waals surface area (Å²) in [5.74, 6) is -0.228. The maximum Gasteiger partial charge on any atom is 0.250 e. The van der Waals surface area contributed by atoms with Gasteiger partial charge < -0.3 is 15.7 Å². The molecule has 0 saturated carbocycles. The Labute approximate surface area is 121 Å². The molecular weight excluding hydrogens is 275 g/mol. The summed E-state index contributed by atoms with van der Waals surface area (Å²) in [7, 11) is 0. The summed E-state index contributed by atoms with van der Waals surface area (Å²) >= 11 is 0. The molecule has 0 spiro atoms. The number of hydrogen-bond donors (Lipinski definition) is 2. The first-order valence-corrected chi connectivity index (χ1v) is 6.19. The maximum absolute atomic E-state index is 13.3. The van der Waals surface area contributed by atoms with Gasteiger partial charge in [0, 0.05) is 6.07 Å². The SMILES string of the molecule is Cc1ccc(F)cc1Oc1nnc(C)c(C)c1/C(N)=N/O. The van der Waals surface area contributed by atoms with Gasteiger partial charge in [-0.3, -0.25) is 0 Å². The summed E-state index contributed by atoms with van der Waals surface area (Å²) in [6.45, 7) is 5.27. The van der Waals surface area contributed by atoms with Gasteiger partial charge in [-0.15, -0.1) is 5.10 Å². The molecule has 0 radical (unpaired) electrons. The van der Waals surface area contributed by atoms with Crippen molar-refractivity contribution in [1.82, 2.24) is 10.2 Å². The van der Waals surface area contributed by atoms with Crippen LogP contribution in [0.3, 0.4) is 0 Å². The second-order valence-corrected chi connectivity index (χ2v) is 4.59. The van der Waals surface area contributed by atoms with Crippen molar-refractivity contribution in [2.24, 2.45) is 10.9 Å². The standard InChI is InChI=1S/C14H15FN4O2/c1-7-4-5-10(15)6-11(7)21-14-12(13(16)19-20)8(2)9(3)17-18-14/h4-6,20H,1-3H3,(H2,16,19). The molecule has 1 heterocycles. The molecule has 0 saturated heterocycles. The summed E-state index contributed by atoms with van der Waals surface area (Å²) in [4.78, 5) is 0. The largest absolute Gasteiger partial charge is 0.437 e. The van der Waals surface area contributed by atoms with Crippen LogP contribution < -0.4 is 10.5 Å². The number of nitrogens with two attached hydrogens (primary N) is 1. The van der Waals surface area contributed by atoms with Crippen LogP contribution in [0.25, 0.3) is 0 Å². The van der Waals surface area contributed by atoms with Crippen molar-refractivity contribution in [3.05, 3.63) is 46.4 Å². The van der Waals surface area contributed by atoms with Crippen LogP contribution in [0.1, 0.15) is 22.4 Å². The lowest BCUT2D eigenvalue weighted by Gasteiger charge is -2.13. The van der Waals surface area contributed by atoms with E-state index in [1.165, 1.54) is 12.1 Å². The number of hydrogen-bond acceptors (Lipinski definition) is 5. The Morgan fingerprint density at radius 3 is 2.67 bits per heavy atom. The lowest BCUT2D eigenvalue weighted by atomic mass is 10.1. The van der Waals surface area contributed by atoms with E-state index in [0.717, 1.165) is 5.56 Å². The van der Waals surface area contributed by atoms with Gasteiger partial charge in [-0.2, -0.15) is 5.10 Å². The van der Waals surface area contributed by atoms with Crippen molar-refractivity contribution in [2.45, 2.75) is 20.8 Å². The Kier molecular flexibility index (Phi) is 4.02. The minimum Gasteiger partial charge on any atom is -0.437 e. The highest BCUT2D eigenvalue weighted by Gasteiger charge is 2.18. The quantitative estimate of drug-likeness (QED) is 0.392. The lowest BCUT2D eigenvalue weighted by molar-refractivity contribution is 0.318. The molecule has 3 N–H and O–H groups in total. The van der Waals surface area contributed by atoms with Gasteiger partial charge in [-0.1, -0.05) is 11.2 Å². The predicted molar refractivity (Wildman–Crippen MR) is 75.2 cm³/mol. The van der Waals surface area contributed by atoms with Crippen molar-refractivity contribution in [3.63, 3.8) is 0 Å². The van der Waals surface area contributed by atoms with E-state index < -0.39 is 5.82 Å². The van der Waals surface area contributed by atoms with Gasteiger partial charge in [-0.25, -0.2) is 4.39 Å². The number of aromatic nitrogens is 2. The summed E-state index contributed by atoms with van der Waals surface area (Å²) in [5.41, 5.74) is 8.01. The van der Waals surface area contributed by atoms with Crippen molar-refractivity contribution in [2.75, 3.05) is 0 Å². The van der Waals surface area contributed by atoms with Gasteiger partial charge >= 0.3 is 0 Å². The Balaban J connectivity index is 2.54. The molecule has 0 fully saturated rings. The van der Waals surface area contributed by atoms with Crippen LogP contribution in [0.5, 0.6) is 11.6 Å². The summed E-state index contributed by atoms with van der Waals surface area (Å²) in [6.07, 6.45) is 0. The van der Waals surface area contributed by atoms with E-state index in [1.807, 2.05) is 0 Å². The third kappa shape index (κ3) is 2.91. The lowest BCUT2D eigenvalue weighted by Crippen LogP contribution is -2.18. The highest BCUT2D eigenvalue weighted by Crippen LogP contribution is 2.28. The number of halogens is 1. The zero-order valence-electron chi connectivity index (χ0n) is 11.9. The maximum atomic E-state index is 13.3. The number of ether oxygens (including phenoxy) is 1. The van der Waals surface area contributed by atoms with Crippen molar-refractivity contribution >= 4 is 5.84 Å². The molecule has 1 aromatic carbocycles. The number of nitrogens with zero attached hydrogens (tertiary/aromatic N) is 3. The molecule has 0 aliphatic rings. The molecule has 0 aliphatic carbocycles. The minimum absolute atomic E-state index is 0.0575. The normalized spacial score (nSPS) is 11.5. The van der Waals surface area contributed by atoms with E-state index in [1.54, 1.807) is 26.8 Å². The van der Waals surface area contributed by atoms with Crippen LogP contribution in [0.2, 0.25) is 0 Å². The Hall–Kier alpha value is -2.70. The molecule has 0 bridgehead atoms. The van der Waals surface area contributed by atoms with Gasteiger partial charge in [0.05, 0.1) is 11.3 Å². The van der Waals surface area contributed by atoms with Crippen LogP contribution in [0, 0.1) is 26.6 Å². The third-order valence-electron chi connectivity index (χ3n) is 3.14. The molecule has 6 nitrogen and oxygen atoms in total. The summed E-state index contributed by atoms with van der Waals surface area (Å²) < 4.78 is 18.9. The molecule has 0 aliphatic heterocycles. The Morgan fingerprint density at radius 1 is 1.29 bits per heavy atom. The fourth-order valence-corrected chi connectivity index (χ4v) is 1.80. The van der Waals surface area contributed by atoms with E-state index in [0.29, 0.717) is 22.6 Å². The first kappa shape index (κ1) is 14.7. The van der Waals surface area contributed by atoms with Crippen LogP contribution in [-0.2, 0) is 0 Å². The van der Waals surface area contributed by atoms with Crippen LogP contribution >= 0.6 is 0 Å². The molecule has 7 heteroatoms.